The molecule has 0 saturated carbocycles. The van der Waals surface area contributed by atoms with Crippen LogP contribution in [0.25, 0.3) is 11.4 Å². The van der Waals surface area contributed by atoms with Gasteiger partial charge < -0.3 is 11.1 Å². The van der Waals surface area contributed by atoms with Crippen LogP contribution in [0, 0.1) is 0 Å². The molecule has 10 nitrogen and oxygen atoms in total. The van der Waals surface area contributed by atoms with Crippen LogP contribution in [0.2, 0.25) is 0 Å². The number of nitrogen functional groups attached to an aromatic ring is 1. The van der Waals surface area contributed by atoms with E-state index in [-0.39, 0.29) is 34.6 Å². The highest BCUT2D eigenvalue weighted by Gasteiger charge is 2.31. The van der Waals surface area contributed by atoms with Crippen LogP contribution >= 0.6 is 0 Å². The fourth-order valence-corrected chi connectivity index (χ4v) is 3.23. The molecule has 0 unspecified atom stereocenters. The number of aromatic nitrogens is 3. The Balaban J connectivity index is 1.68. The van der Waals surface area contributed by atoms with Gasteiger partial charge in [-0.15, -0.1) is 0 Å². The number of imide groups is 1. The minimum Gasteiger partial charge on any atom is -0.384 e. The van der Waals surface area contributed by atoms with Crippen LogP contribution in [-0.2, 0) is 0 Å². The molecule has 0 radical (unpaired) electrons. The molecule has 0 spiro atoms. The summed E-state index contributed by atoms with van der Waals surface area (Å²) < 4.78 is 2.69. The second kappa shape index (κ2) is 6.99. The molecule has 3 amide bonds. The number of pyridine rings is 1. The van der Waals surface area contributed by atoms with Crippen LogP contribution in [0.5, 0.6) is 0 Å². The summed E-state index contributed by atoms with van der Waals surface area (Å²) >= 11 is 0. The Kier molecular flexibility index (Phi) is 4.46. The number of nitrogens with zero attached hydrogens (tertiary/aromatic N) is 3. The van der Waals surface area contributed by atoms with Crippen molar-refractivity contribution >= 4 is 23.5 Å². The van der Waals surface area contributed by atoms with Gasteiger partial charge in [-0.25, -0.2) is 4.68 Å². The van der Waals surface area contributed by atoms with E-state index in [1.807, 2.05) is 13.8 Å². The minimum atomic E-state index is -0.641. The quantitative estimate of drug-likeness (QED) is 0.543. The average molecular weight is 406 g/mol. The second-order valence-electron chi connectivity index (χ2n) is 7.07. The first-order chi connectivity index (χ1) is 14.3. The van der Waals surface area contributed by atoms with Gasteiger partial charge in [-0.05, 0) is 44.2 Å². The third kappa shape index (κ3) is 3.13. The molecule has 4 rings (SSSR count). The molecule has 152 valence electrons. The Morgan fingerprint density at radius 1 is 1.07 bits per heavy atom. The Hall–Kier alpha value is -4.21. The fourth-order valence-electron chi connectivity index (χ4n) is 3.23. The summed E-state index contributed by atoms with van der Waals surface area (Å²) in [6.07, 6.45) is 1.65. The molecule has 3 aromatic rings. The van der Waals surface area contributed by atoms with Crippen LogP contribution in [0.3, 0.4) is 0 Å². The molecule has 4 N–H and O–H groups in total. The van der Waals surface area contributed by atoms with Crippen molar-refractivity contribution in [3.8, 4) is 11.4 Å². The zero-order valence-electron chi connectivity index (χ0n) is 16.2. The van der Waals surface area contributed by atoms with Gasteiger partial charge >= 0.3 is 0 Å². The van der Waals surface area contributed by atoms with Crippen LogP contribution < -0.4 is 21.9 Å². The van der Waals surface area contributed by atoms with Gasteiger partial charge in [0.15, 0.2) is 5.69 Å². The molecule has 0 bridgehead atoms. The highest BCUT2D eigenvalue weighted by atomic mass is 16.2. The Bertz CT molecular complexity index is 1250. The predicted octanol–water partition coefficient (Wildman–Crippen LogP) is 0.627. The van der Waals surface area contributed by atoms with Crippen LogP contribution in [-0.4, -0.2) is 38.1 Å². The lowest BCUT2D eigenvalue weighted by atomic mass is 10.1. The largest absolute Gasteiger partial charge is 0.384 e. The van der Waals surface area contributed by atoms with E-state index in [2.05, 4.69) is 15.7 Å². The van der Waals surface area contributed by atoms with Gasteiger partial charge in [0.2, 0.25) is 0 Å². The third-order valence-electron chi connectivity index (χ3n) is 4.57. The van der Waals surface area contributed by atoms with Crippen LogP contribution in [0.4, 0.5) is 5.82 Å². The maximum absolute atomic E-state index is 12.5. The topological polar surface area (TPSA) is 141 Å². The SMILES string of the molecule is CC(C)NC(=O)c1ccn(-c2ccc(-n3c(N)c4c(cc3=O)C(=O)NC4=O)cc2)n1. The molecule has 10 heteroatoms. The monoisotopic (exact) mass is 406 g/mol. The summed E-state index contributed by atoms with van der Waals surface area (Å²) in [6.45, 7) is 3.72. The fraction of sp³-hybridized carbons (Fsp3) is 0.150. The number of nitrogens with two attached hydrogens (primary N) is 1. The first-order valence-corrected chi connectivity index (χ1v) is 9.15. The van der Waals surface area contributed by atoms with Gasteiger partial charge in [-0.1, -0.05) is 0 Å². The Labute approximate surface area is 170 Å². The molecular weight excluding hydrogens is 388 g/mol. The molecule has 30 heavy (non-hydrogen) atoms. The van der Waals surface area contributed by atoms with Gasteiger partial charge in [0, 0.05) is 18.3 Å². The van der Waals surface area contributed by atoms with Gasteiger partial charge in [-0.2, -0.15) is 5.10 Å². The predicted molar refractivity (Wildman–Crippen MR) is 108 cm³/mol. The number of benzene rings is 1. The van der Waals surface area contributed by atoms with Gasteiger partial charge in [0.25, 0.3) is 23.3 Å². The van der Waals surface area contributed by atoms with E-state index in [4.69, 9.17) is 5.73 Å². The van der Waals surface area contributed by atoms with E-state index in [0.717, 1.165) is 10.6 Å². The van der Waals surface area contributed by atoms with Crippen molar-refractivity contribution in [3.05, 3.63) is 69.8 Å². The minimum absolute atomic E-state index is 0.00426. The van der Waals surface area contributed by atoms with Crippen molar-refractivity contribution in [1.29, 1.82) is 0 Å². The van der Waals surface area contributed by atoms with Gasteiger partial charge in [0.05, 0.1) is 22.5 Å². The van der Waals surface area contributed by atoms with Crippen molar-refractivity contribution in [1.82, 2.24) is 25.0 Å². The molecule has 1 aromatic carbocycles. The molecule has 1 aliphatic heterocycles. The number of carbonyl (C=O) groups is 3. The Morgan fingerprint density at radius 3 is 2.40 bits per heavy atom. The first-order valence-electron chi connectivity index (χ1n) is 9.15. The number of carbonyl (C=O) groups excluding carboxylic acids is 3. The molecule has 0 aliphatic carbocycles. The standard InChI is InChI=1S/C20H18N6O4/c1-10(2)22-19(29)14-7-8-25(24-14)11-3-5-12(6-4-11)26-15(27)9-13-16(17(26)21)20(30)23-18(13)28/h3-10H,21H2,1-2H3,(H,22,29)(H,23,28,30). The Morgan fingerprint density at radius 2 is 1.73 bits per heavy atom. The van der Waals surface area contributed by atoms with Gasteiger partial charge in [-0.3, -0.25) is 29.1 Å². The van der Waals surface area contributed by atoms with E-state index >= 15 is 0 Å². The number of nitrogens with one attached hydrogen (secondary N) is 2. The maximum atomic E-state index is 12.5. The van der Waals surface area contributed by atoms with Crippen molar-refractivity contribution < 1.29 is 14.4 Å². The molecule has 0 fully saturated rings. The number of rotatable bonds is 4. The van der Waals surface area contributed by atoms with Crippen molar-refractivity contribution in [2.75, 3.05) is 5.73 Å². The van der Waals surface area contributed by atoms with Crippen molar-refractivity contribution in [2.45, 2.75) is 19.9 Å². The maximum Gasteiger partial charge on any atom is 0.271 e. The summed E-state index contributed by atoms with van der Waals surface area (Å²) in [4.78, 5) is 48.3. The number of fused-ring (bicyclic) bond motifs is 1. The van der Waals surface area contributed by atoms with Crippen LogP contribution in [0.15, 0.2) is 47.4 Å². The number of hydrogen-bond donors (Lipinski definition) is 3. The number of amides is 3. The third-order valence-corrected chi connectivity index (χ3v) is 4.57. The van der Waals surface area contributed by atoms with E-state index < -0.39 is 17.4 Å². The first kappa shape index (κ1) is 19.1. The van der Waals surface area contributed by atoms with E-state index in [0.29, 0.717) is 11.4 Å². The smallest absolute Gasteiger partial charge is 0.271 e. The molecule has 1 aliphatic rings. The molecule has 2 aromatic heterocycles. The summed E-state index contributed by atoms with van der Waals surface area (Å²) in [5.41, 5.74) is 6.81. The molecular formula is C20H18N6O4. The van der Waals surface area contributed by atoms with Gasteiger partial charge in [0.1, 0.15) is 5.82 Å². The lowest BCUT2D eigenvalue weighted by Crippen LogP contribution is -2.30. The highest BCUT2D eigenvalue weighted by molar-refractivity contribution is 6.23. The molecule has 0 saturated heterocycles. The van der Waals surface area contributed by atoms with Crippen molar-refractivity contribution in [3.63, 3.8) is 0 Å². The zero-order valence-corrected chi connectivity index (χ0v) is 16.2. The summed E-state index contributed by atoms with van der Waals surface area (Å²) in [5.74, 6) is -1.66. The normalized spacial score (nSPS) is 12.8. The van der Waals surface area contributed by atoms with Crippen LogP contribution in [0.1, 0.15) is 45.1 Å². The highest BCUT2D eigenvalue weighted by Crippen LogP contribution is 2.23. The average Bonchev–Trinajstić information content (AvgIpc) is 3.27. The van der Waals surface area contributed by atoms with E-state index in [1.165, 1.54) is 4.68 Å². The summed E-state index contributed by atoms with van der Waals surface area (Å²) in [5, 5.41) is 9.16. The second-order valence-corrected chi connectivity index (χ2v) is 7.07. The molecule has 3 heterocycles. The summed E-state index contributed by atoms with van der Waals surface area (Å²) in [7, 11) is 0. The lowest BCUT2D eigenvalue weighted by molar-refractivity contribution is 0.0877. The van der Waals surface area contributed by atoms with E-state index in [1.54, 1.807) is 36.5 Å². The summed E-state index contributed by atoms with van der Waals surface area (Å²) in [6, 6.07) is 9.33. The van der Waals surface area contributed by atoms with Crippen molar-refractivity contribution in [2.24, 2.45) is 0 Å². The molecule has 0 atom stereocenters. The number of anilines is 1. The number of hydrogen-bond acceptors (Lipinski definition) is 6. The zero-order chi connectivity index (χ0) is 21.6. The lowest BCUT2D eigenvalue weighted by Gasteiger charge is -2.12. The van der Waals surface area contributed by atoms with E-state index in [9.17, 15) is 19.2 Å².